The Morgan fingerprint density at radius 2 is 1.76 bits per heavy atom. The Balaban J connectivity index is 1.81. The van der Waals surface area contributed by atoms with E-state index >= 15 is 0 Å². The first-order valence-electron chi connectivity index (χ1n) is 8.37. The molecule has 0 aliphatic rings. The second-order valence-corrected chi connectivity index (χ2v) is 6.15. The first-order valence-corrected chi connectivity index (χ1v) is 8.37. The van der Waals surface area contributed by atoms with Gasteiger partial charge in [0.05, 0.1) is 24.1 Å². The highest BCUT2D eigenvalue weighted by molar-refractivity contribution is 5.86. The molecule has 0 aliphatic carbocycles. The molecule has 1 heterocycles. The van der Waals surface area contributed by atoms with Crippen LogP contribution in [0.3, 0.4) is 0 Å². The SMILES string of the molecule is CC(=O)NCc1nc2ccccc2n1Cc1cccc2ccccc12. The van der Waals surface area contributed by atoms with Gasteiger partial charge in [0.2, 0.25) is 5.91 Å². The number of para-hydroxylation sites is 2. The zero-order valence-corrected chi connectivity index (χ0v) is 14.1. The van der Waals surface area contributed by atoms with Crippen LogP contribution in [0.4, 0.5) is 0 Å². The lowest BCUT2D eigenvalue weighted by atomic mass is 10.0. The molecular formula is C21H19N3O. The number of amides is 1. The monoisotopic (exact) mass is 329 g/mol. The third-order valence-corrected chi connectivity index (χ3v) is 4.44. The number of benzene rings is 3. The number of rotatable bonds is 4. The molecule has 1 amide bonds. The van der Waals surface area contributed by atoms with Crippen molar-refractivity contribution in [2.24, 2.45) is 0 Å². The maximum atomic E-state index is 11.3. The van der Waals surface area contributed by atoms with E-state index in [1.165, 1.54) is 23.3 Å². The molecule has 124 valence electrons. The van der Waals surface area contributed by atoms with Crippen molar-refractivity contribution in [2.75, 3.05) is 0 Å². The van der Waals surface area contributed by atoms with Crippen LogP contribution in [-0.2, 0) is 17.9 Å². The number of nitrogens with zero attached hydrogens (tertiary/aromatic N) is 2. The molecule has 0 spiro atoms. The van der Waals surface area contributed by atoms with Gasteiger partial charge in [-0.05, 0) is 28.5 Å². The van der Waals surface area contributed by atoms with E-state index in [0.717, 1.165) is 23.4 Å². The fourth-order valence-electron chi connectivity index (χ4n) is 3.24. The highest BCUT2D eigenvalue weighted by Gasteiger charge is 2.12. The van der Waals surface area contributed by atoms with Gasteiger partial charge in [0.15, 0.2) is 0 Å². The topological polar surface area (TPSA) is 46.9 Å². The van der Waals surface area contributed by atoms with Crippen molar-refractivity contribution in [3.63, 3.8) is 0 Å². The summed E-state index contributed by atoms with van der Waals surface area (Å²) >= 11 is 0. The lowest BCUT2D eigenvalue weighted by Gasteiger charge is -2.12. The molecule has 1 N–H and O–H groups in total. The molecule has 4 rings (SSSR count). The maximum Gasteiger partial charge on any atom is 0.217 e. The summed E-state index contributed by atoms with van der Waals surface area (Å²) in [7, 11) is 0. The van der Waals surface area contributed by atoms with E-state index in [4.69, 9.17) is 4.98 Å². The van der Waals surface area contributed by atoms with Crippen molar-refractivity contribution >= 4 is 27.7 Å². The minimum Gasteiger partial charge on any atom is -0.349 e. The molecule has 0 unspecified atom stereocenters. The van der Waals surface area contributed by atoms with Crippen molar-refractivity contribution in [1.82, 2.24) is 14.9 Å². The summed E-state index contributed by atoms with van der Waals surface area (Å²) < 4.78 is 2.19. The number of nitrogens with one attached hydrogen (secondary N) is 1. The van der Waals surface area contributed by atoms with Crippen LogP contribution in [0.1, 0.15) is 18.3 Å². The van der Waals surface area contributed by atoms with E-state index in [-0.39, 0.29) is 5.91 Å². The van der Waals surface area contributed by atoms with Gasteiger partial charge in [0.1, 0.15) is 5.82 Å². The Bertz CT molecular complexity index is 1060. The average Bonchev–Trinajstić information content (AvgIpc) is 2.98. The Labute approximate surface area is 146 Å². The maximum absolute atomic E-state index is 11.3. The van der Waals surface area contributed by atoms with Gasteiger partial charge >= 0.3 is 0 Å². The Morgan fingerprint density at radius 1 is 1.00 bits per heavy atom. The van der Waals surface area contributed by atoms with Crippen molar-refractivity contribution in [2.45, 2.75) is 20.0 Å². The molecule has 4 heteroatoms. The third kappa shape index (κ3) is 2.98. The van der Waals surface area contributed by atoms with Crippen LogP contribution < -0.4 is 5.32 Å². The normalized spacial score (nSPS) is 11.1. The molecule has 0 saturated heterocycles. The van der Waals surface area contributed by atoms with Crippen LogP contribution in [-0.4, -0.2) is 15.5 Å². The van der Waals surface area contributed by atoms with Crippen LogP contribution in [0, 0.1) is 0 Å². The molecule has 0 atom stereocenters. The van der Waals surface area contributed by atoms with E-state index < -0.39 is 0 Å². The molecule has 0 fully saturated rings. The molecule has 0 bridgehead atoms. The van der Waals surface area contributed by atoms with Crippen molar-refractivity contribution < 1.29 is 4.79 Å². The summed E-state index contributed by atoms with van der Waals surface area (Å²) in [5.41, 5.74) is 3.27. The zero-order valence-electron chi connectivity index (χ0n) is 14.1. The Hall–Kier alpha value is -3.14. The first-order chi connectivity index (χ1) is 12.2. The molecule has 1 aromatic heterocycles. The van der Waals surface area contributed by atoms with Crippen molar-refractivity contribution in [1.29, 1.82) is 0 Å². The summed E-state index contributed by atoms with van der Waals surface area (Å²) in [5.74, 6) is 0.813. The largest absolute Gasteiger partial charge is 0.349 e. The molecule has 4 aromatic rings. The predicted octanol–water partition coefficient (Wildman–Crippen LogP) is 3.87. The smallest absolute Gasteiger partial charge is 0.217 e. The van der Waals surface area contributed by atoms with E-state index in [1.54, 1.807) is 0 Å². The molecule has 0 radical (unpaired) electrons. The number of carbonyl (C=O) groups is 1. The van der Waals surface area contributed by atoms with Crippen molar-refractivity contribution in [3.8, 4) is 0 Å². The average molecular weight is 329 g/mol. The summed E-state index contributed by atoms with van der Waals surface area (Å²) in [6, 6.07) is 22.9. The van der Waals surface area contributed by atoms with Gasteiger partial charge in [0, 0.05) is 6.92 Å². The summed E-state index contributed by atoms with van der Waals surface area (Å²) in [6.45, 7) is 2.67. The highest BCUT2D eigenvalue weighted by atomic mass is 16.1. The number of imidazole rings is 1. The fourth-order valence-corrected chi connectivity index (χ4v) is 3.24. The number of carbonyl (C=O) groups excluding carboxylic acids is 1. The van der Waals surface area contributed by atoms with Crippen LogP contribution in [0.5, 0.6) is 0 Å². The Morgan fingerprint density at radius 3 is 2.64 bits per heavy atom. The lowest BCUT2D eigenvalue weighted by Crippen LogP contribution is -2.22. The fraction of sp³-hybridized carbons (Fsp3) is 0.143. The number of hydrogen-bond donors (Lipinski definition) is 1. The van der Waals surface area contributed by atoms with Gasteiger partial charge < -0.3 is 9.88 Å². The lowest BCUT2D eigenvalue weighted by molar-refractivity contribution is -0.119. The van der Waals surface area contributed by atoms with Gasteiger partial charge in [-0.3, -0.25) is 4.79 Å². The van der Waals surface area contributed by atoms with Gasteiger partial charge in [-0.15, -0.1) is 0 Å². The van der Waals surface area contributed by atoms with E-state index in [0.29, 0.717) is 6.54 Å². The van der Waals surface area contributed by atoms with Gasteiger partial charge in [-0.25, -0.2) is 4.98 Å². The second-order valence-electron chi connectivity index (χ2n) is 6.15. The van der Waals surface area contributed by atoms with Crippen LogP contribution in [0.2, 0.25) is 0 Å². The minimum atomic E-state index is -0.0521. The molecule has 4 nitrogen and oxygen atoms in total. The standard InChI is InChI=1S/C21H19N3O/c1-15(25)22-13-21-23-19-11-4-5-12-20(19)24(21)14-17-9-6-8-16-7-2-3-10-18(16)17/h2-12H,13-14H2,1H3,(H,22,25). The van der Waals surface area contributed by atoms with E-state index in [9.17, 15) is 4.79 Å². The molecular weight excluding hydrogens is 310 g/mol. The second kappa shape index (κ2) is 6.40. The first kappa shape index (κ1) is 15.4. The number of aromatic nitrogens is 2. The number of hydrogen-bond acceptors (Lipinski definition) is 2. The Kier molecular flexibility index (Phi) is 3.94. The predicted molar refractivity (Wildman–Crippen MR) is 100 cm³/mol. The summed E-state index contributed by atoms with van der Waals surface area (Å²) in [5, 5.41) is 5.34. The van der Waals surface area contributed by atoms with Gasteiger partial charge in [-0.1, -0.05) is 54.6 Å². The number of fused-ring (bicyclic) bond motifs is 2. The van der Waals surface area contributed by atoms with Crippen LogP contribution >= 0.6 is 0 Å². The molecule has 25 heavy (non-hydrogen) atoms. The summed E-state index contributed by atoms with van der Waals surface area (Å²) in [6.07, 6.45) is 0. The molecule has 0 saturated carbocycles. The van der Waals surface area contributed by atoms with Gasteiger partial charge in [-0.2, -0.15) is 0 Å². The van der Waals surface area contributed by atoms with Gasteiger partial charge in [0.25, 0.3) is 0 Å². The quantitative estimate of drug-likeness (QED) is 0.618. The zero-order chi connectivity index (χ0) is 17.2. The molecule has 0 aliphatic heterocycles. The minimum absolute atomic E-state index is 0.0521. The van der Waals surface area contributed by atoms with Crippen LogP contribution in [0.15, 0.2) is 66.7 Å². The summed E-state index contributed by atoms with van der Waals surface area (Å²) in [4.78, 5) is 16.0. The van der Waals surface area contributed by atoms with Crippen molar-refractivity contribution in [3.05, 3.63) is 78.1 Å². The highest BCUT2D eigenvalue weighted by Crippen LogP contribution is 2.23. The third-order valence-electron chi connectivity index (χ3n) is 4.44. The van der Waals surface area contributed by atoms with E-state index in [2.05, 4.69) is 58.4 Å². The van der Waals surface area contributed by atoms with E-state index in [1.807, 2.05) is 18.2 Å². The van der Waals surface area contributed by atoms with Crippen LogP contribution in [0.25, 0.3) is 21.8 Å². The molecule has 3 aromatic carbocycles.